The van der Waals surface area contributed by atoms with E-state index in [-0.39, 0.29) is 18.1 Å². The molecule has 0 aromatic rings. The van der Waals surface area contributed by atoms with E-state index in [2.05, 4.69) is 0 Å². The number of rotatable bonds is 3. The monoisotopic (exact) mass is 154 g/mol. The molecule has 11 heavy (non-hydrogen) atoms. The molecule has 3 heteroatoms. The number of hydrogen-bond acceptors (Lipinski definition) is 2. The van der Waals surface area contributed by atoms with Crippen molar-refractivity contribution >= 4 is 11.8 Å². The third-order valence-corrected chi connectivity index (χ3v) is 1.75. The molecule has 1 unspecified atom stereocenters. The summed E-state index contributed by atoms with van der Waals surface area (Å²) in [6.07, 6.45) is 4.56. The van der Waals surface area contributed by atoms with E-state index in [9.17, 15) is 9.59 Å². The average Bonchev–Trinajstić information content (AvgIpc) is 2.31. The van der Waals surface area contributed by atoms with E-state index in [0.29, 0.717) is 12.8 Å². The molecule has 0 amide bonds. The predicted octanol–water partition coefficient (Wildman–Crippen LogP) is 0.996. The van der Waals surface area contributed by atoms with E-state index in [1.807, 2.05) is 0 Å². The second-order valence-corrected chi connectivity index (χ2v) is 2.72. The van der Waals surface area contributed by atoms with Gasteiger partial charge in [-0.1, -0.05) is 6.08 Å². The van der Waals surface area contributed by atoms with Gasteiger partial charge in [0.1, 0.15) is 0 Å². The summed E-state index contributed by atoms with van der Waals surface area (Å²) < 4.78 is 0. The van der Waals surface area contributed by atoms with E-state index >= 15 is 0 Å². The van der Waals surface area contributed by atoms with Crippen molar-refractivity contribution in [2.24, 2.45) is 5.92 Å². The van der Waals surface area contributed by atoms with Gasteiger partial charge in [0, 0.05) is 12.8 Å². The quantitative estimate of drug-likeness (QED) is 0.659. The zero-order valence-electron chi connectivity index (χ0n) is 6.12. The predicted molar refractivity (Wildman–Crippen MR) is 39.1 cm³/mol. The van der Waals surface area contributed by atoms with Crippen molar-refractivity contribution in [3.63, 3.8) is 0 Å². The molecule has 1 atom stereocenters. The summed E-state index contributed by atoms with van der Waals surface area (Å²) >= 11 is 0. The molecule has 0 radical (unpaired) electrons. The van der Waals surface area contributed by atoms with E-state index in [0.717, 1.165) is 0 Å². The lowest BCUT2D eigenvalue weighted by Crippen LogP contribution is -2.01. The molecule has 0 aromatic heterocycles. The summed E-state index contributed by atoms with van der Waals surface area (Å²) in [6, 6.07) is 0. The van der Waals surface area contributed by atoms with E-state index in [4.69, 9.17) is 5.11 Å². The Morgan fingerprint density at radius 1 is 1.73 bits per heavy atom. The standard InChI is InChI=1S/C8H10O3/c9-7-3-1-6(5-7)2-4-8(10)11/h1,3,6H,2,4-5H2,(H,10,11). The maximum atomic E-state index is 10.7. The smallest absolute Gasteiger partial charge is 0.303 e. The molecular weight excluding hydrogens is 144 g/mol. The molecule has 1 N–H and O–H groups in total. The van der Waals surface area contributed by atoms with Gasteiger partial charge in [0.15, 0.2) is 5.78 Å². The number of carboxylic acid groups (broad SMARTS) is 1. The van der Waals surface area contributed by atoms with Crippen molar-refractivity contribution in [3.8, 4) is 0 Å². The van der Waals surface area contributed by atoms with Crippen LogP contribution in [-0.2, 0) is 9.59 Å². The van der Waals surface area contributed by atoms with Crippen LogP contribution in [0.25, 0.3) is 0 Å². The van der Waals surface area contributed by atoms with Crippen molar-refractivity contribution in [2.45, 2.75) is 19.3 Å². The summed E-state index contributed by atoms with van der Waals surface area (Å²) in [5.74, 6) is -0.517. The number of hydrogen-bond donors (Lipinski definition) is 1. The van der Waals surface area contributed by atoms with Gasteiger partial charge >= 0.3 is 5.97 Å². The first-order valence-electron chi connectivity index (χ1n) is 3.61. The van der Waals surface area contributed by atoms with Crippen LogP contribution < -0.4 is 0 Å². The Morgan fingerprint density at radius 3 is 2.91 bits per heavy atom. The van der Waals surface area contributed by atoms with Gasteiger partial charge < -0.3 is 5.11 Å². The lowest BCUT2D eigenvalue weighted by Gasteiger charge is -2.01. The molecule has 0 saturated carbocycles. The topological polar surface area (TPSA) is 54.4 Å². The second kappa shape index (κ2) is 3.32. The van der Waals surface area contributed by atoms with Gasteiger partial charge in [-0.25, -0.2) is 0 Å². The van der Waals surface area contributed by atoms with E-state index in [1.165, 1.54) is 6.08 Å². The van der Waals surface area contributed by atoms with Crippen LogP contribution in [0.5, 0.6) is 0 Å². The van der Waals surface area contributed by atoms with Gasteiger partial charge in [0.25, 0.3) is 0 Å². The van der Waals surface area contributed by atoms with Gasteiger partial charge in [-0.05, 0) is 18.4 Å². The number of carbonyl (C=O) groups is 2. The van der Waals surface area contributed by atoms with Crippen molar-refractivity contribution in [1.29, 1.82) is 0 Å². The van der Waals surface area contributed by atoms with Crippen LogP contribution in [0.1, 0.15) is 19.3 Å². The Morgan fingerprint density at radius 2 is 2.45 bits per heavy atom. The highest BCUT2D eigenvalue weighted by Crippen LogP contribution is 2.19. The highest BCUT2D eigenvalue weighted by Gasteiger charge is 2.16. The van der Waals surface area contributed by atoms with Crippen LogP contribution in [0, 0.1) is 5.92 Å². The summed E-state index contributed by atoms with van der Waals surface area (Å²) in [4.78, 5) is 20.8. The van der Waals surface area contributed by atoms with Crippen molar-refractivity contribution in [1.82, 2.24) is 0 Å². The van der Waals surface area contributed by atoms with Crippen LogP contribution in [-0.4, -0.2) is 16.9 Å². The molecule has 1 aliphatic rings. The highest BCUT2D eigenvalue weighted by atomic mass is 16.4. The molecule has 1 rings (SSSR count). The lowest BCUT2D eigenvalue weighted by molar-refractivity contribution is -0.137. The van der Waals surface area contributed by atoms with Crippen LogP contribution in [0.15, 0.2) is 12.2 Å². The molecule has 3 nitrogen and oxygen atoms in total. The Bertz CT molecular complexity index is 205. The van der Waals surface area contributed by atoms with Crippen molar-refractivity contribution in [2.75, 3.05) is 0 Å². The van der Waals surface area contributed by atoms with Crippen LogP contribution >= 0.6 is 0 Å². The Labute approximate surface area is 64.7 Å². The molecule has 0 heterocycles. The largest absolute Gasteiger partial charge is 0.481 e. The Balaban J connectivity index is 2.24. The minimum Gasteiger partial charge on any atom is -0.481 e. The summed E-state index contributed by atoms with van der Waals surface area (Å²) in [6.45, 7) is 0. The summed E-state index contributed by atoms with van der Waals surface area (Å²) in [7, 11) is 0. The maximum absolute atomic E-state index is 10.7. The average molecular weight is 154 g/mol. The molecule has 0 aromatic carbocycles. The third-order valence-electron chi connectivity index (χ3n) is 1.75. The SMILES string of the molecule is O=C(O)CCC1C=CC(=O)C1. The molecule has 0 fully saturated rings. The molecule has 0 aliphatic heterocycles. The normalized spacial score (nSPS) is 22.5. The minimum atomic E-state index is -0.794. The fraction of sp³-hybridized carbons (Fsp3) is 0.500. The van der Waals surface area contributed by atoms with Gasteiger partial charge in [0.05, 0.1) is 0 Å². The number of carboxylic acids is 1. The fourth-order valence-corrected chi connectivity index (χ4v) is 1.15. The Hall–Kier alpha value is -1.12. The highest BCUT2D eigenvalue weighted by molar-refractivity contribution is 5.92. The molecule has 0 saturated heterocycles. The third kappa shape index (κ3) is 2.53. The first-order valence-corrected chi connectivity index (χ1v) is 3.61. The van der Waals surface area contributed by atoms with Gasteiger partial charge in [-0.15, -0.1) is 0 Å². The Kier molecular flexibility index (Phi) is 2.41. The number of ketones is 1. The number of carbonyl (C=O) groups excluding carboxylic acids is 1. The van der Waals surface area contributed by atoms with Crippen molar-refractivity contribution in [3.05, 3.63) is 12.2 Å². The van der Waals surface area contributed by atoms with Gasteiger partial charge in [0.2, 0.25) is 0 Å². The molecular formula is C8H10O3. The van der Waals surface area contributed by atoms with Gasteiger partial charge in [-0.2, -0.15) is 0 Å². The summed E-state index contributed by atoms with van der Waals surface area (Å²) in [5.41, 5.74) is 0. The van der Waals surface area contributed by atoms with E-state index in [1.54, 1.807) is 6.08 Å². The maximum Gasteiger partial charge on any atom is 0.303 e. The van der Waals surface area contributed by atoms with Crippen LogP contribution in [0.4, 0.5) is 0 Å². The number of allylic oxidation sites excluding steroid dienone is 2. The minimum absolute atomic E-state index is 0.111. The molecule has 0 spiro atoms. The lowest BCUT2D eigenvalue weighted by atomic mass is 10.0. The summed E-state index contributed by atoms with van der Waals surface area (Å²) in [5, 5.41) is 8.33. The van der Waals surface area contributed by atoms with Crippen molar-refractivity contribution < 1.29 is 14.7 Å². The van der Waals surface area contributed by atoms with E-state index < -0.39 is 5.97 Å². The first kappa shape index (κ1) is 7.98. The van der Waals surface area contributed by atoms with Gasteiger partial charge in [-0.3, -0.25) is 9.59 Å². The zero-order valence-corrected chi connectivity index (χ0v) is 6.12. The molecule has 0 bridgehead atoms. The second-order valence-electron chi connectivity index (χ2n) is 2.72. The van der Waals surface area contributed by atoms with Crippen LogP contribution in [0.2, 0.25) is 0 Å². The first-order chi connectivity index (χ1) is 5.18. The zero-order chi connectivity index (χ0) is 8.27. The molecule has 60 valence electrons. The fourth-order valence-electron chi connectivity index (χ4n) is 1.15. The van der Waals surface area contributed by atoms with Crippen LogP contribution in [0.3, 0.4) is 0 Å². The number of aliphatic carboxylic acids is 1. The molecule has 1 aliphatic carbocycles.